The molecule has 0 aromatic heterocycles. The van der Waals surface area contributed by atoms with Crippen molar-refractivity contribution in [3.8, 4) is 11.5 Å². The molecule has 5 rings (SSSR count). The molecular formula is C32H34Cl2N2O4. The van der Waals surface area contributed by atoms with E-state index in [2.05, 4.69) is 5.32 Å². The molecule has 2 amide bonds. The van der Waals surface area contributed by atoms with Crippen molar-refractivity contribution in [3.05, 3.63) is 93.5 Å². The highest BCUT2D eigenvalue weighted by Crippen LogP contribution is 2.31. The number of nitrogens with one attached hydrogen (secondary N) is 1. The number of fused-ring (bicyclic) bond motifs is 1. The minimum atomic E-state index is -0.692. The van der Waals surface area contributed by atoms with Gasteiger partial charge in [-0.15, -0.1) is 0 Å². The Balaban J connectivity index is 1.41. The van der Waals surface area contributed by atoms with Gasteiger partial charge in [0.05, 0.1) is 0 Å². The molecule has 1 saturated carbocycles. The molecule has 6 nitrogen and oxygen atoms in total. The second kappa shape index (κ2) is 13.4. The van der Waals surface area contributed by atoms with E-state index in [4.69, 9.17) is 32.7 Å². The molecule has 3 aromatic carbocycles. The smallest absolute Gasteiger partial charge is 0.243 e. The molecule has 1 N–H and O–H groups in total. The van der Waals surface area contributed by atoms with Crippen LogP contribution in [-0.2, 0) is 29.0 Å². The van der Waals surface area contributed by atoms with Crippen molar-refractivity contribution in [3.63, 3.8) is 0 Å². The predicted molar refractivity (Wildman–Crippen MR) is 157 cm³/mol. The van der Waals surface area contributed by atoms with E-state index in [-0.39, 0.29) is 30.8 Å². The number of amides is 2. The van der Waals surface area contributed by atoms with E-state index in [1.165, 1.54) is 0 Å². The Morgan fingerprint density at radius 2 is 1.65 bits per heavy atom. The number of ether oxygens (including phenoxy) is 2. The van der Waals surface area contributed by atoms with E-state index in [9.17, 15) is 9.59 Å². The number of carbonyl (C=O) groups is 2. The molecule has 1 fully saturated rings. The number of benzene rings is 3. The maximum Gasteiger partial charge on any atom is 0.243 e. The Kier molecular flexibility index (Phi) is 9.50. The Morgan fingerprint density at radius 1 is 0.900 bits per heavy atom. The minimum absolute atomic E-state index is 0.122. The van der Waals surface area contributed by atoms with Crippen LogP contribution in [-0.4, -0.2) is 42.0 Å². The third-order valence-electron chi connectivity index (χ3n) is 7.56. The quantitative estimate of drug-likeness (QED) is 0.301. The van der Waals surface area contributed by atoms with Gasteiger partial charge in [-0.2, -0.15) is 0 Å². The summed E-state index contributed by atoms with van der Waals surface area (Å²) < 4.78 is 11.4. The lowest BCUT2D eigenvalue weighted by atomic mass is 10.0. The SMILES string of the molecule is O=C(NC1CCCC1)[C@H](Cc1ccccc1)N(Cc1ccc(Cl)cc1Cl)C(=O)CCc1ccc2c(c1)OCCO2. The van der Waals surface area contributed by atoms with Crippen molar-refractivity contribution in [2.45, 2.75) is 63.6 Å². The van der Waals surface area contributed by atoms with E-state index in [0.29, 0.717) is 47.6 Å². The summed E-state index contributed by atoms with van der Waals surface area (Å²) in [6, 6.07) is 20.3. The Labute approximate surface area is 245 Å². The van der Waals surface area contributed by atoms with Crippen LogP contribution < -0.4 is 14.8 Å². The van der Waals surface area contributed by atoms with Crippen molar-refractivity contribution in [2.24, 2.45) is 0 Å². The van der Waals surface area contributed by atoms with Gasteiger partial charge in [-0.1, -0.05) is 78.5 Å². The molecule has 8 heteroatoms. The number of hydrogen-bond donors (Lipinski definition) is 1. The number of hydrogen-bond acceptors (Lipinski definition) is 4. The van der Waals surface area contributed by atoms with E-state index in [0.717, 1.165) is 42.4 Å². The van der Waals surface area contributed by atoms with Crippen LogP contribution in [0.3, 0.4) is 0 Å². The van der Waals surface area contributed by atoms with Crippen molar-refractivity contribution >= 4 is 35.0 Å². The fourth-order valence-electron chi connectivity index (χ4n) is 5.39. The highest BCUT2D eigenvalue weighted by molar-refractivity contribution is 6.35. The largest absolute Gasteiger partial charge is 0.486 e. The molecule has 0 spiro atoms. The molecule has 0 bridgehead atoms. The van der Waals surface area contributed by atoms with Gasteiger partial charge >= 0.3 is 0 Å². The lowest BCUT2D eigenvalue weighted by molar-refractivity contribution is -0.141. The van der Waals surface area contributed by atoms with Crippen LogP contribution in [0.5, 0.6) is 11.5 Å². The average molecular weight is 582 g/mol. The van der Waals surface area contributed by atoms with Gasteiger partial charge in [0.15, 0.2) is 11.5 Å². The van der Waals surface area contributed by atoms with Gasteiger partial charge in [-0.3, -0.25) is 9.59 Å². The van der Waals surface area contributed by atoms with Crippen LogP contribution in [0.1, 0.15) is 48.8 Å². The summed E-state index contributed by atoms with van der Waals surface area (Å²) in [6.45, 7) is 1.23. The minimum Gasteiger partial charge on any atom is -0.486 e. The van der Waals surface area contributed by atoms with E-state index < -0.39 is 6.04 Å². The summed E-state index contributed by atoms with van der Waals surface area (Å²) in [5.74, 6) is 1.16. The number of halogens is 2. The molecule has 0 saturated heterocycles. The first-order chi connectivity index (χ1) is 19.5. The predicted octanol–water partition coefficient (Wildman–Crippen LogP) is 6.40. The van der Waals surface area contributed by atoms with Crippen LogP contribution in [0.4, 0.5) is 0 Å². The monoisotopic (exact) mass is 580 g/mol. The molecule has 1 aliphatic carbocycles. The summed E-state index contributed by atoms with van der Waals surface area (Å²) >= 11 is 12.7. The van der Waals surface area contributed by atoms with E-state index in [1.807, 2.05) is 54.6 Å². The summed E-state index contributed by atoms with van der Waals surface area (Å²) in [5.41, 5.74) is 2.70. The molecule has 40 heavy (non-hydrogen) atoms. The number of nitrogens with zero attached hydrogens (tertiary/aromatic N) is 1. The standard InChI is InChI=1S/C32H34Cl2N2O4/c33-25-13-12-24(27(34)20-25)21-36(31(37)15-11-23-10-14-29-30(19-23)40-17-16-39-29)28(18-22-6-2-1-3-7-22)32(38)35-26-8-4-5-9-26/h1-3,6-7,10,12-14,19-20,26,28H,4-5,8-9,11,15-18,21H2,(H,35,38)/t28-/m0/s1. The normalized spacial score (nSPS) is 15.4. The molecule has 2 aliphatic rings. The summed E-state index contributed by atoms with van der Waals surface area (Å²) in [5, 5.41) is 4.22. The van der Waals surface area contributed by atoms with Crippen LogP contribution in [0.25, 0.3) is 0 Å². The van der Waals surface area contributed by atoms with Crippen molar-refractivity contribution in [1.29, 1.82) is 0 Å². The lowest BCUT2D eigenvalue weighted by Crippen LogP contribution is -2.52. The van der Waals surface area contributed by atoms with Gasteiger partial charge in [0.2, 0.25) is 11.8 Å². The number of rotatable bonds is 10. The van der Waals surface area contributed by atoms with Crippen LogP contribution >= 0.6 is 23.2 Å². The fraction of sp³-hybridized carbons (Fsp3) is 0.375. The molecule has 1 aliphatic heterocycles. The van der Waals surface area contributed by atoms with Crippen molar-refractivity contribution < 1.29 is 19.1 Å². The second-order valence-corrected chi connectivity index (χ2v) is 11.3. The molecule has 1 atom stereocenters. The van der Waals surface area contributed by atoms with Crippen molar-refractivity contribution in [1.82, 2.24) is 10.2 Å². The maximum atomic E-state index is 14.0. The highest BCUT2D eigenvalue weighted by atomic mass is 35.5. The summed E-state index contributed by atoms with van der Waals surface area (Å²) in [6.07, 6.45) is 5.27. The van der Waals surface area contributed by atoms with Gasteiger partial charge in [-0.25, -0.2) is 0 Å². The molecule has 210 valence electrons. The first-order valence-electron chi connectivity index (χ1n) is 13.9. The highest BCUT2D eigenvalue weighted by Gasteiger charge is 2.32. The number of carbonyl (C=O) groups excluding carboxylic acids is 2. The zero-order valence-electron chi connectivity index (χ0n) is 22.4. The van der Waals surface area contributed by atoms with Gasteiger partial charge in [0, 0.05) is 35.5 Å². The first kappa shape index (κ1) is 28.3. The molecular weight excluding hydrogens is 547 g/mol. The van der Waals surface area contributed by atoms with Crippen LogP contribution in [0, 0.1) is 0 Å². The third-order valence-corrected chi connectivity index (χ3v) is 8.15. The van der Waals surface area contributed by atoms with Gasteiger partial charge in [-0.05, 0) is 60.2 Å². The van der Waals surface area contributed by atoms with Crippen molar-refractivity contribution in [2.75, 3.05) is 13.2 Å². The van der Waals surface area contributed by atoms with Crippen LogP contribution in [0.2, 0.25) is 10.0 Å². The van der Waals surface area contributed by atoms with E-state index >= 15 is 0 Å². The Bertz CT molecular complexity index is 1330. The van der Waals surface area contributed by atoms with Crippen LogP contribution in [0.15, 0.2) is 66.7 Å². The lowest BCUT2D eigenvalue weighted by Gasteiger charge is -2.33. The molecule has 3 aromatic rings. The fourth-order valence-corrected chi connectivity index (χ4v) is 5.86. The Hall–Kier alpha value is -3.22. The molecule has 0 radical (unpaired) electrons. The molecule has 1 heterocycles. The number of aryl methyl sites for hydroxylation is 1. The van der Waals surface area contributed by atoms with Gasteiger partial charge in [0.25, 0.3) is 0 Å². The maximum absolute atomic E-state index is 14.0. The third kappa shape index (κ3) is 7.29. The zero-order chi connectivity index (χ0) is 27.9. The first-order valence-corrected chi connectivity index (χ1v) is 14.7. The second-order valence-electron chi connectivity index (χ2n) is 10.4. The zero-order valence-corrected chi connectivity index (χ0v) is 23.9. The Morgan fingerprint density at radius 3 is 2.40 bits per heavy atom. The molecule has 0 unspecified atom stereocenters. The van der Waals surface area contributed by atoms with Gasteiger partial charge < -0.3 is 19.7 Å². The summed E-state index contributed by atoms with van der Waals surface area (Å²) in [7, 11) is 0. The average Bonchev–Trinajstić information content (AvgIpc) is 3.48. The topological polar surface area (TPSA) is 67.9 Å². The van der Waals surface area contributed by atoms with Gasteiger partial charge in [0.1, 0.15) is 19.3 Å². The van der Waals surface area contributed by atoms with E-state index in [1.54, 1.807) is 17.0 Å². The summed E-state index contributed by atoms with van der Waals surface area (Å²) in [4.78, 5) is 29.5.